The Kier molecular flexibility index (Phi) is 7.23. The molecular weight excluding hydrogens is 387 g/mol. The van der Waals surface area contributed by atoms with Crippen LogP contribution in [-0.4, -0.2) is 40.0 Å². The average Bonchev–Trinajstić information content (AvgIpc) is 2.91. The molecule has 7 nitrogen and oxygen atoms in total. The van der Waals surface area contributed by atoms with Crippen molar-refractivity contribution in [3.05, 3.63) is 47.0 Å². The van der Waals surface area contributed by atoms with E-state index in [4.69, 9.17) is 4.74 Å². The van der Waals surface area contributed by atoms with Crippen LogP contribution in [0.5, 0.6) is 0 Å². The Bertz CT molecular complexity index is 898. The summed E-state index contributed by atoms with van der Waals surface area (Å²) in [6, 6.07) is 5.62. The molecule has 0 aliphatic rings. The Labute approximate surface area is 177 Å². The van der Waals surface area contributed by atoms with E-state index in [9.17, 15) is 14.0 Å². The molecule has 8 heteroatoms. The van der Waals surface area contributed by atoms with Gasteiger partial charge in [0.1, 0.15) is 11.4 Å². The highest BCUT2D eigenvalue weighted by molar-refractivity contribution is 5.96. The third-order valence-electron chi connectivity index (χ3n) is 4.58. The first kappa shape index (κ1) is 23.4. The largest absolute Gasteiger partial charge is 0.444 e. The molecule has 0 aliphatic heterocycles. The second kappa shape index (κ2) is 9.28. The number of nitrogens with one attached hydrogen (secondary N) is 2. The molecule has 1 aromatic carbocycles. The lowest BCUT2D eigenvalue weighted by Crippen LogP contribution is -2.48. The topological polar surface area (TPSA) is 85.3 Å². The summed E-state index contributed by atoms with van der Waals surface area (Å²) in [5.74, 6) is -0.535. The summed E-state index contributed by atoms with van der Waals surface area (Å²) in [6.45, 7) is 13.1. The molecule has 0 fully saturated rings. The van der Waals surface area contributed by atoms with Crippen molar-refractivity contribution in [1.82, 2.24) is 20.4 Å². The SMILES string of the molecule is Cc1nn(-c2ccc(F)cc2)c(C)c1C(=O)NCC(NC(=O)OC(C)(C)C)C(C)C. The van der Waals surface area contributed by atoms with E-state index in [1.807, 2.05) is 13.8 Å². The van der Waals surface area contributed by atoms with E-state index in [1.165, 1.54) is 12.1 Å². The number of amides is 2. The first-order chi connectivity index (χ1) is 13.9. The standard InChI is InChI=1S/C22H31FN4O3/c1-13(2)18(25-21(29)30-22(5,6)7)12-24-20(28)19-14(3)26-27(15(19)4)17-10-8-16(23)9-11-17/h8-11,13,18H,12H2,1-7H3,(H,24,28)(H,25,29). The maximum absolute atomic E-state index is 13.2. The fraction of sp³-hybridized carbons (Fsp3) is 0.500. The molecule has 1 aromatic heterocycles. The smallest absolute Gasteiger partial charge is 0.407 e. The maximum atomic E-state index is 13.2. The van der Waals surface area contributed by atoms with Gasteiger partial charge in [0.25, 0.3) is 5.91 Å². The van der Waals surface area contributed by atoms with Crippen molar-refractivity contribution in [2.24, 2.45) is 5.92 Å². The van der Waals surface area contributed by atoms with Crippen molar-refractivity contribution in [3.8, 4) is 5.69 Å². The molecule has 0 aliphatic carbocycles. The van der Waals surface area contributed by atoms with Gasteiger partial charge in [0.05, 0.1) is 28.7 Å². The monoisotopic (exact) mass is 418 g/mol. The average molecular weight is 419 g/mol. The van der Waals surface area contributed by atoms with E-state index in [1.54, 1.807) is 51.4 Å². The van der Waals surface area contributed by atoms with Crippen LogP contribution in [0.15, 0.2) is 24.3 Å². The van der Waals surface area contributed by atoms with Gasteiger partial charge in [0, 0.05) is 6.54 Å². The molecule has 2 aromatic rings. The lowest BCUT2D eigenvalue weighted by molar-refractivity contribution is 0.0487. The fourth-order valence-corrected chi connectivity index (χ4v) is 3.01. The molecule has 0 bridgehead atoms. The number of hydrogen-bond acceptors (Lipinski definition) is 4. The van der Waals surface area contributed by atoms with Gasteiger partial charge >= 0.3 is 6.09 Å². The Morgan fingerprint density at radius 1 is 1.17 bits per heavy atom. The Hall–Kier alpha value is -2.90. The molecule has 2 rings (SSSR count). The summed E-state index contributed by atoms with van der Waals surface area (Å²) in [4.78, 5) is 25.0. The van der Waals surface area contributed by atoms with Crippen LogP contribution in [0.3, 0.4) is 0 Å². The van der Waals surface area contributed by atoms with Crippen LogP contribution in [0.4, 0.5) is 9.18 Å². The molecule has 0 radical (unpaired) electrons. The van der Waals surface area contributed by atoms with Crippen LogP contribution < -0.4 is 10.6 Å². The molecule has 30 heavy (non-hydrogen) atoms. The Balaban J connectivity index is 2.11. The van der Waals surface area contributed by atoms with Gasteiger partial charge < -0.3 is 15.4 Å². The van der Waals surface area contributed by atoms with Crippen molar-refractivity contribution >= 4 is 12.0 Å². The second-order valence-corrected chi connectivity index (χ2v) is 8.64. The molecule has 164 valence electrons. The number of nitrogens with zero attached hydrogens (tertiary/aromatic N) is 2. The first-order valence-electron chi connectivity index (χ1n) is 9.99. The molecule has 0 saturated carbocycles. The number of aromatic nitrogens is 2. The van der Waals surface area contributed by atoms with Crippen LogP contribution in [-0.2, 0) is 4.74 Å². The summed E-state index contributed by atoms with van der Waals surface area (Å²) in [7, 11) is 0. The second-order valence-electron chi connectivity index (χ2n) is 8.64. The van der Waals surface area contributed by atoms with Gasteiger partial charge in [-0.15, -0.1) is 0 Å². The van der Waals surface area contributed by atoms with Gasteiger partial charge in [-0.1, -0.05) is 13.8 Å². The van der Waals surface area contributed by atoms with Crippen LogP contribution >= 0.6 is 0 Å². The zero-order valence-corrected chi connectivity index (χ0v) is 18.7. The van der Waals surface area contributed by atoms with Gasteiger partial charge in [-0.2, -0.15) is 5.10 Å². The van der Waals surface area contributed by atoms with Crippen molar-refractivity contribution in [2.75, 3.05) is 6.54 Å². The van der Waals surface area contributed by atoms with Gasteiger partial charge in [-0.25, -0.2) is 13.9 Å². The number of carbonyl (C=O) groups excluding carboxylic acids is 2. The molecule has 1 unspecified atom stereocenters. The highest BCUT2D eigenvalue weighted by Crippen LogP contribution is 2.18. The number of benzene rings is 1. The van der Waals surface area contributed by atoms with E-state index < -0.39 is 11.7 Å². The minimum atomic E-state index is -0.599. The fourth-order valence-electron chi connectivity index (χ4n) is 3.01. The number of carbonyl (C=O) groups is 2. The number of aryl methyl sites for hydroxylation is 1. The van der Waals surface area contributed by atoms with Gasteiger partial charge in [0.2, 0.25) is 0 Å². The molecule has 2 N–H and O–H groups in total. The molecular formula is C22H31FN4O3. The van der Waals surface area contributed by atoms with Gasteiger partial charge in [-0.05, 0) is 64.8 Å². The Morgan fingerprint density at radius 3 is 2.30 bits per heavy atom. The Morgan fingerprint density at radius 2 is 1.77 bits per heavy atom. The van der Waals surface area contributed by atoms with E-state index in [-0.39, 0.29) is 30.2 Å². The number of alkyl carbamates (subject to hydrolysis) is 1. The molecule has 1 atom stereocenters. The number of ether oxygens (including phenoxy) is 1. The van der Waals surface area contributed by atoms with Gasteiger partial charge in [0.15, 0.2) is 0 Å². The number of rotatable bonds is 6. The van der Waals surface area contributed by atoms with E-state index in [0.717, 1.165) is 0 Å². The molecule has 0 spiro atoms. The van der Waals surface area contributed by atoms with Crippen molar-refractivity contribution in [3.63, 3.8) is 0 Å². The highest BCUT2D eigenvalue weighted by Gasteiger charge is 2.24. The molecule has 2 amide bonds. The minimum Gasteiger partial charge on any atom is -0.444 e. The highest BCUT2D eigenvalue weighted by atomic mass is 19.1. The zero-order chi connectivity index (χ0) is 22.6. The van der Waals surface area contributed by atoms with Crippen molar-refractivity contribution < 1.29 is 18.7 Å². The summed E-state index contributed by atoms with van der Waals surface area (Å²) in [6.07, 6.45) is -0.521. The first-order valence-corrected chi connectivity index (χ1v) is 9.99. The van der Waals surface area contributed by atoms with Crippen LogP contribution in [0.25, 0.3) is 5.69 Å². The third-order valence-corrected chi connectivity index (χ3v) is 4.58. The quantitative estimate of drug-likeness (QED) is 0.745. The van der Waals surface area contributed by atoms with Crippen LogP contribution in [0.2, 0.25) is 0 Å². The van der Waals surface area contributed by atoms with Gasteiger partial charge in [-0.3, -0.25) is 4.79 Å². The summed E-state index contributed by atoms with van der Waals surface area (Å²) >= 11 is 0. The lowest BCUT2D eigenvalue weighted by Gasteiger charge is -2.26. The van der Waals surface area contributed by atoms with E-state index >= 15 is 0 Å². The minimum absolute atomic E-state index is 0.0851. The molecule has 0 saturated heterocycles. The summed E-state index contributed by atoms with van der Waals surface area (Å²) in [5.41, 5.74) is 1.74. The van der Waals surface area contributed by atoms with E-state index in [0.29, 0.717) is 22.6 Å². The number of hydrogen-bond donors (Lipinski definition) is 2. The zero-order valence-electron chi connectivity index (χ0n) is 18.7. The number of halogens is 1. The normalized spacial score (nSPS) is 12.6. The maximum Gasteiger partial charge on any atom is 0.407 e. The predicted molar refractivity (Wildman–Crippen MR) is 113 cm³/mol. The molecule has 1 heterocycles. The third kappa shape index (κ3) is 6.05. The lowest BCUT2D eigenvalue weighted by atomic mass is 10.0. The van der Waals surface area contributed by atoms with Crippen molar-refractivity contribution in [2.45, 2.75) is 60.1 Å². The van der Waals surface area contributed by atoms with Crippen LogP contribution in [0, 0.1) is 25.6 Å². The van der Waals surface area contributed by atoms with E-state index in [2.05, 4.69) is 15.7 Å². The van der Waals surface area contributed by atoms with Crippen molar-refractivity contribution in [1.29, 1.82) is 0 Å². The van der Waals surface area contributed by atoms with Crippen LogP contribution in [0.1, 0.15) is 56.4 Å². The summed E-state index contributed by atoms with van der Waals surface area (Å²) in [5, 5.41) is 10.1. The predicted octanol–water partition coefficient (Wildman–Crippen LogP) is 3.91. The summed E-state index contributed by atoms with van der Waals surface area (Å²) < 4.78 is 20.1.